The van der Waals surface area contributed by atoms with Crippen LogP contribution in [0.2, 0.25) is 0 Å². The van der Waals surface area contributed by atoms with Crippen LogP contribution in [0.1, 0.15) is 22.3 Å². The van der Waals surface area contributed by atoms with Gasteiger partial charge >= 0.3 is 6.18 Å². The standard InChI is InChI=1S/C18H17F3N2O/c19-18(20,21)15-7-3-4-12(8-15)10-23-11-14-6-2-1-5-13(14)9-16(23)17(22)24/h1-8,16H,9-11H2,(H2,22,24)/t16-/m0/s1. The maximum atomic E-state index is 12.9. The van der Waals surface area contributed by atoms with Crippen LogP contribution < -0.4 is 5.73 Å². The molecule has 6 heteroatoms. The first-order valence-electron chi connectivity index (χ1n) is 7.61. The van der Waals surface area contributed by atoms with E-state index >= 15 is 0 Å². The number of nitrogens with two attached hydrogens (primary N) is 1. The van der Waals surface area contributed by atoms with Gasteiger partial charge in [-0.3, -0.25) is 9.69 Å². The Morgan fingerprint density at radius 3 is 2.50 bits per heavy atom. The zero-order valence-corrected chi connectivity index (χ0v) is 12.9. The Morgan fingerprint density at radius 2 is 1.83 bits per heavy atom. The van der Waals surface area contributed by atoms with Crippen LogP contribution in [0.5, 0.6) is 0 Å². The Morgan fingerprint density at radius 1 is 1.12 bits per heavy atom. The number of primary amides is 1. The molecular weight excluding hydrogens is 317 g/mol. The number of halogens is 3. The van der Waals surface area contributed by atoms with E-state index in [1.165, 1.54) is 6.07 Å². The molecule has 3 nitrogen and oxygen atoms in total. The first kappa shape index (κ1) is 16.5. The summed E-state index contributed by atoms with van der Waals surface area (Å²) in [4.78, 5) is 13.6. The SMILES string of the molecule is NC(=O)[C@@H]1Cc2ccccc2CN1Cc1cccc(C(F)(F)F)c1. The summed E-state index contributed by atoms with van der Waals surface area (Å²) in [5.74, 6) is -0.462. The smallest absolute Gasteiger partial charge is 0.368 e. The van der Waals surface area contributed by atoms with Crippen LogP contribution >= 0.6 is 0 Å². The number of hydrogen-bond donors (Lipinski definition) is 1. The van der Waals surface area contributed by atoms with E-state index in [1.807, 2.05) is 29.2 Å². The molecule has 24 heavy (non-hydrogen) atoms. The number of nitrogens with zero attached hydrogens (tertiary/aromatic N) is 1. The highest BCUT2D eigenvalue weighted by Crippen LogP contribution is 2.31. The molecule has 2 aromatic carbocycles. The zero-order chi connectivity index (χ0) is 17.3. The molecule has 0 spiro atoms. The van der Waals surface area contributed by atoms with Gasteiger partial charge in [-0.25, -0.2) is 0 Å². The van der Waals surface area contributed by atoms with E-state index in [-0.39, 0.29) is 6.54 Å². The number of hydrogen-bond acceptors (Lipinski definition) is 2. The Kier molecular flexibility index (Phi) is 4.32. The molecule has 0 unspecified atom stereocenters. The molecule has 1 heterocycles. The van der Waals surface area contributed by atoms with Crippen LogP contribution in [0.4, 0.5) is 13.2 Å². The zero-order valence-electron chi connectivity index (χ0n) is 12.9. The third-order valence-corrected chi connectivity index (χ3v) is 4.31. The maximum Gasteiger partial charge on any atom is 0.416 e. The number of fused-ring (bicyclic) bond motifs is 1. The highest BCUT2D eigenvalue weighted by atomic mass is 19.4. The second kappa shape index (κ2) is 6.28. The van der Waals surface area contributed by atoms with Gasteiger partial charge in [-0.05, 0) is 29.2 Å². The molecule has 0 aromatic heterocycles. The van der Waals surface area contributed by atoms with Crippen molar-refractivity contribution in [2.45, 2.75) is 31.7 Å². The summed E-state index contributed by atoms with van der Waals surface area (Å²) in [7, 11) is 0. The van der Waals surface area contributed by atoms with Gasteiger partial charge in [0.1, 0.15) is 0 Å². The van der Waals surface area contributed by atoms with Crippen LogP contribution in [-0.2, 0) is 30.5 Å². The van der Waals surface area contributed by atoms with Crippen molar-refractivity contribution in [1.82, 2.24) is 4.90 Å². The van der Waals surface area contributed by atoms with E-state index in [0.717, 1.165) is 23.3 Å². The topological polar surface area (TPSA) is 46.3 Å². The minimum absolute atomic E-state index is 0.242. The largest absolute Gasteiger partial charge is 0.416 e. The fraction of sp³-hybridized carbons (Fsp3) is 0.278. The first-order valence-corrected chi connectivity index (χ1v) is 7.61. The molecule has 1 atom stereocenters. The van der Waals surface area contributed by atoms with Gasteiger partial charge < -0.3 is 5.73 Å². The lowest BCUT2D eigenvalue weighted by Crippen LogP contribution is -2.48. The van der Waals surface area contributed by atoms with E-state index in [2.05, 4.69) is 0 Å². The van der Waals surface area contributed by atoms with Gasteiger partial charge in [0.15, 0.2) is 0 Å². The Labute approximate surface area is 137 Å². The predicted octanol–water partition coefficient (Wildman–Crippen LogP) is 3.12. The highest BCUT2D eigenvalue weighted by molar-refractivity contribution is 5.80. The van der Waals surface area contributed by atoms with Crippen LogP contribution in [0.15, 0.2) is 48.5 Å². The summed E-state index contributed by atoms with van der Waals surface area (Å²) in [5.41, 5.74) is 7.46. The molecule has 2 N–H and O–H groups in total. The van der Waals surface area contributed by atoms with Gasteiger partial charge in [0.25, 0.3) is 0 Å². The Hall–Kier alpha value is -2.34. The van der Waals surface area contributed by atoms with Crippen LogP contribution in [-0.4, -0.2) is 16.8 Å². The van der Waals surface area contributed by atoms with E-state index in [1.54, 1.807) is 6.07 Å². The summed E-state index contributed by atoms with van der Waals surface area (Å²) in [5, 5.41) is 0. The number of alkyl halides is 3. The van der Waals surface area contributed by atoms with Crippen LogP contribution in [0.3, 0.4) is 0 Å². The van der Waals surface area contributed by atoms with Crippen LogP contribution in [0.25, 0.3) is 0 Å². The highest BCUT2D eigenvalue weighted by Gasteiger charge is 2.32. The molecule has 1 aliphatic heterocycles. The molecule has 0 saturated heterocycles. The summed E-state index contributed by atoms with van der Waals surface area (Å²) >= 11 is 0. The lowest BCUT2D eigenvalue weighted by molar-refractivity contribution is -0.137. The molecule has 0 saturated carbocycles. The Bertz CT molecular complexity index is 758. The monoisotopic (exact) mass is 334 g/mol. The second-order valence-corrected chi connectivity index (χ2v) is 5.99. The molecule has 0 radical (unpaired) electrons. The average molecular weight is 334 g/mol. The van der Waals surface area contributed by atoms with Crippen LogP contribution in [0, 0.1) is 0 Å². The van der Waals surface area contributed by atoms with Crippen molar-refractivity contribution < 1.29 is 18.0 Å². The molecule has 0 bridgehead atoms. The lowest BCUT2D eigenvalue weighted by atomic mass is 9.93. The molecule has 0 fully saturated rings. The molecule has 2 aromatic rings. The minimum atomic E-state index is -4.38. The first-order chi connectivity index (χ1) is 11.3. The van der Waals surface area contributed by atoms with Crippen molar-refractivity contribution in [1.29, 1.82) is 0 Å². The summed E-state index contributed by atoms with van der Waals surface area (Å²) in [6, 6.07) is 12.4. The van der Waals surface area contributed by atoms with E-state index < -0.39 is 23.7 Å². The normalized spacial score (nSPS) is 18.2. The fourth-order valence-electron chi connectivity index (χ4n) is 3.10. The van der Waals surface area contributed by atoms with E-state index in [0.29, 0.717) is 18.5 Å². The van der Waals surface area contributed by atoms with Gasteiger partial charge in [0.2, 0.25) is 5.91 Å². The van der Waals surface area contributed by atoms with E-state index in [4.69, 9.17) is 5.73 Å². The molecule has 3 rings (SSSR count). The van der Waals surface area contributed by atoms with Gasteiger partial charge in [0, 0.05) is 13.1 Å². The van der Waals surface area contributed by atoms with Gasteiger partial charge in [-0.15, -0.1) is 0 Å². The quantitative estimate of drug-likeness (QED) is 0.937. The fourth-order valence-corrected chi connectivity index (χ4v) is 3.10. The van der Waals surface area contributed by atoms with Crippen molar-refractivity contribution >= 4 is 5.91 Å². The van der Waals surface area contributed by atoms with Crippen molar-refractivity contribution in [2.75, 3.05) is 0 Å². The number of carbonyl (C=O) groups excluding carboxylic acids is 1. The molecule has 126 valence electrons. The summed E-state index contributed by atoms with van der Waals surface area (Å²) < 4.78 is 38.6. The molecular formula is C18H17F3N2O. The third-order valence-electron chi connectivity index (χ3n) is 4.31. The summed E-state index contributed by atoms with van der Waals surface area (Å²) in [6.07, 6.45) is -3.90. The predicted molar refractivity (Wildman–Crippen MR) is 83.8 cm³/mol. The molecule has 1 aliphatic rings. The number of amides is 1. The molecule has 0 aliphatic carbocycles. The van der Waals surface area contributed by atoms with Gasteiger partial charge in [-0.1, -0.05) is 42.5 Å². The van der Waals surface area contributed by atoms with Crippen molar-refractivity contribution in [3.63, 3.8) is 0 Å². The number of rotatable bonds is 3. The lowest BCUT2D eigenvalue weighted by Gasteiger charge is -2.35. The van der Waals surface area contributed by atoms with Crippen molar-refractivity contribution in [3.8, 4) is 0 Å². The van der Waals surface area contributed by atoms with Crippen molar-refractivity contribution in [3.05, 3.63) is 70.8 Å². The van der Waals surface area contributed by atoms with E-state index in [9.17, 15) is 18.0 Å². The minimum Gasteiger partial charge on any atom is -0.368 e. The van der Waals surface area contributed by atoms with Gasteiger partial charge in [-0.2, -0.15) is 13.2 Å². The van der Waals surface area contributed by atoms with Crippen molar-refractivity contribution in [2.24, 2.45) is 5.73 Å². The van der Waals surface area contributed by atoms with Gasteiger partial charge in [0.05, 0.1) is 11.6 Å². The maximum absolute atomic E-state index is 12.9. The third kappa shape index (κ3) is 3.43. The second-order valence-electron chi connectivity index (χ2n) is 5.99. The average Bonchev–Trinajstić information content (AvgIpc) is 2.53. The number of carbonyl (C=O) groups is 1. The molecule has 1 amide bonds. The Balaban J connectivity index is 1.87. The number of benzene rings is 2. The summed E-state index contributed by atoms with van der Waals surface area (Å²) in [6.45, 7) is 0.728.